The molecule has 2 amide bonds. The standard InChI is InChI=1S/C26H37FN4O5S/c1-8-23(25(33)28-26(2,3)4)30(17-19-10-9-11-22(16-19)36-7)24(32)18-31(37(34,35)29(5)6)21-14-12-20(27)13-15-21/h9-16,23H,8,17-18H2,1-7H3,(H,28,33). The SMILES string of the molecule is CCC(C(=O)NC(C)(C)C)N(Cc1cccc(OC)c1)C(=O)CN(c1ccc(F)cc1)S(=O)(=O)N(C)C. The van der Waals surface area contributed by atoms with E-state index in [-0.39, 0.29) is 18.1 Å². The van der Waals surface area contributed by atoms with Crippen molar-refractivity contribution in [3.8, 4) is 5.75 Å². The molecule has 0 aliphatic rings. The number of ether oxygens (including phenoxy) is 1. The first-order valence-electron chi connectivity index (χ1n) is 11.9. The molecule has 204 valence electrons. The van der Waals surface area contributed by atoms with Crippen molar-refractivity contribution < 1.29 is 27.1 Å². The minimum Gasteiger partial charge on any atom is -0.497 e. The van der Waals surface area contributed by atoms with Gasteiger partial charge in [-0.05, 0) is 69.2 Å². The van der Waals surface area contributed by atoms with Crippen molar-refractivity contribution in [3.63, 3.8) is 0 Å². The van der Waals surface area contributed by atoms with Gasteiger partial charge in [0.2, 0.25) is 11.8 Å². The monoisotopic (exact) mass is 536 g/mol. The molecule has 2 aromatic rings. The van der Waals surface area contributed by atoms with Gasteiger partial charge in [0.05, 0.1) is 12.8 Å². The van der Waals surface area contributed by atoms with E-state index in [2.05, 4.69) is 5.32 Å². The summed E-state index contributed by atoms with van der Waals surface area (Å²) in [6.07, 6.45) is 0.300. The fourth-order valence-corrected chi connectivity index (χ4v) is 4.72. The zero-order valence-electron chi connectivity index (χ0n) is 22.5. The van der Waals surface area contributed by atoms with Gasteiger partial charge in [0, 0.05) is 26.2 Å². The molecule has 9 nitrogen and oxygen atoms in total. The van der Waals surface area contributed by atoms with Crippen molar-refractivity contribution in [2.24, 2.45) is 0 Å². The molecule has 0 fully saturated rings. The van der Waals surface area contributed by atoms with E-state index in [1.807, 2.05) is 20.8 Å². The fourth-order valence-electron chi connectivity index (χ4n) is 3.66. The molecule has 2 aromatic carbocycles. The summed E-state index contributed by atoms with van der Waals surface area (Å²) in [4.78, 5) is 28.4. The second-order valence-electron chi connectivity index (χ2n) is 9.81. The number of amides is 2. The molecule has 0 saturated heterocycles. The minimum absolute atomic E-state index is 0.0470. The molecule has 0 saturated carbocycles. The summed E-state index contributed by atoms with van der Waals surface area (Å²) in [6.45, 7) is 6.76. The van der Waals surface area contributed by atoms with Gasteiger partial charge in [0.15, 0.2) is 0 Å². The molecule has 37 heavy (non-hydrogen) atoms. The van der Waals surface area contributed by atoms with Crippen LogP contribution in [0, 0.1) is 5.82 Å². The summed E-state index contributed by atoms with van der Waals surface area (Å²) >= 11 is 0. The number of carbonyl (C=O) groups is 2. The van der Waals surface area contributed by atoms with Gasteiger partial charge in [-0.25, -0.2) is 8.70 Å². The van der Waals surface area contributed by atoms with Crippen LogP contribution < -0.4 is 14.4 Å². The Kier molecular flexibility index (Phi) is 10.0. The minimum atomic E-state index is -4.12. The smallest absolute Gasteiger partial charge is 0.304 e. The molecule has 0 aromatic heterocycles. The van der Waals surface area contributed by atoms with E-state index in [9.17, 15) is 22.4 Å². The molecule has 0 spiro atoms. The van der Waals surface area contributed by atoms with Crippen molar-refractivity contribution >= 4 is 27.7 Å². The molecule has 1 N–H and O–H groups in total. The van der Waals surface area contributed by atoms with E-state index < -0.39 is 40.1 Å². The Bertz CT molecular complexity index is 1180. The van der Waals surface area contributed by atoms with Crippen LogP contribution in [0.5, 0.6) is 5.75 Å². The molecule has 1 unspecified atom stereocenters. The molecule has 0 aliphatic heterocycles. The third-order valence-corrected chi connectivity index (χ3v) is 7.32. The van der Waals surface area contributed by atoms with Gasteiger partial charge >= 0.3 is 10.2 Å². The number of nitrogens with one attached hydrogen (secondary N) is 1. The number of halogens is 1. The number of rotatable bonds is 11. The number of hydrogen-bond donors (Lipinski definition) is 1. The Labute approximate surface area is 219 Å². The van der Waals surface area contributed by atoms with Crippen LogP contribution in [-0.2, 0) is 26.3 Å². The van der Waals surface area contributed by atoms with Gasteiger partial charge in [0.1, 0.15) is 24.2 Å². The summed E-state index contributed by atoms with van der Waals surface area (Å²) in [7, 11) is 0.0923. The number of nitrogens with zero attached hydrogens (tertiary/aromatic N) is 3. The number of methoxy groups -OCH3 is 1. The maximum Gasteiger partial charge on any atom is 0.304 e. The molecule has 2 rings (SSSR count). The van der Waals surface area contributed by atoms with E-state index >= 15 is 0 Å². The van der Waals surface area contributed by atoms with Crippen molar-refractivity contribution in [3.05, 3.63) is 59.9 Å². The van der Waals surface area contributed by atoms with Crippen molar-refractivity contribution in [2.45, 2.75) is 52.2 Å². The first-order valence-corrected chi connectivity index (χ1v) is 13.3. The van der Waals surface area contributed by atoms with Gasteiger partial charge in [0.25, 0.3) is 0 Å². The highest BCUT2D eigenvalue weighted by atomic mass is 32.2. The van der Waals surface area contributed by atoms with Crippen LogP contribution in [0.2, 0.25) is 0 Å². The van der Waals surface area contributed by atoms with Crippen LogP contribution in [0.4, 0.5) is 10.1 Å². The van der Waals surface area contributed by atoms with Gasteiger partial charge in [-0.3, -0.25) is 9.59 Å². The zero-order chi connectivity index (χ0) is 28.0. The average Bonchev–Trinajstić information content (AvgIpc) is 2.81. The second kappa shape index (κ2) is 12.4. The predicted molar refractivity (Wildman–Crippen MR) is 142 cm³/mol. The lowest BCUT2D eigenvalue weighted by molar-refractivity contribution is -0.141. The summed E-state index contributed by atoms with van der Waals surface area (Å²) in [5.74, 6) is -0.898. The first-order chi connectivity index (χ1) is 17.2. The largest absolute Gasteiger partial charge is 0.497 e. The maximum atomic E-state index is 13.8. The average molecular weight is 537 g/mol. The Morgan fingerprint density at radius 3 is 2.22 bits per heavy atom. The molecule has 0 bridgehead atoms. The van der Waals surface area contributed by atoms with Crippen molar-refractivity contribution in [1.29, 1.82) is 0 Å². The maximum absolute atomic E-state index is 13.8. The lowest BCUT2D eigenvalue weighted by Gasteiger charge is -2.35. The highest BCUT2D eigenvalue weighted by Crippen LogP contribution is 2.23. The first kappa shape index (κ1) is 30.0. The highest BCUT2D eigenvalue weighted by molar-refractivity contribution is 7.90. The van der Waals surface area contributed by atoms with Gasteiger partial charge in [-0.2, -0.15) is 12.7 Å². The van der Waals surface area contributed by atoms with Crippen LogP contribution in [0.25, 0.3) is 0 Å². The molecule has 0 heterocycles. The molecular weight excluding hydrogens is 499 g/mol. The van der Waals surface area contributed by atoms with Crippen LogP contribution in [0.1, 0.15) is 39.7 Å². The second-order valence-corrected chi connectivity index (χ2v) is 11.9. The lowest BCUT2D eigenvalue weighted by atomic mass is 10.1. The van der Waals surface area contributed by atoms with Crippen molar-refractivity contribution in [1.82, 2.24) is 14.5 Å². The normalized spacial score (nSPS) is 12.7. The number of benzene rings is 2. The quantitative estimate of drug-likeness (QED) is 0.476. The summed E-state index contributed by atoms with van der Waals surface area (Å²) in [5, 5.41) is 2.91. The molecule has 1 atom stereocenters. The van der Waals surface area contributed by atoms with E-state index in [4.69, 9.17) is 4.74 Å². The third kappa shape index (κ3) is 8.16. The Balaban J connectivity index is 2.53. The zero-order valence-corrected chi connectivity index (χ0v) is 23.3. The Morgan fingerprint density at radius 2 is 1.70 bits per heavy atom. The topological polar surface area (TPSA) is 99.3 Å². The van der Waals surface area contributed by atoms with Gasteiger partial charge in [-0.15, -0.1) is 0 Å². The van der Waals surface area contributed by atoms with E-state index in [1.165, 1.54) is 38.2 Å². The highest BCUT2D eigenvalue weighted by Gasteiger charge is 2.34. The number of carbonyl (C=O) groups excluding carboxylic acids is 2. The molecule has 0 radical (unpaired) electrons. The Hall–Kier alpha value is -3.18. The van der Waals surface area contributed by atoms with E-state index in [0.717, 1.165) is 20.7 Å². The molecule has 0 aliphatic carbocycles. The van der Waals surface area contributed by atoms with Crippen molar-refractivity contribution in [2.75, 3.05) is 32.1 Å². The van der Waals surface area contributed by atoms with E-state index in [0.29, 0.717) is 17.7 Å². The van der Waals surface area contributed by atoms with Crippen LogP contribution in [-0.4, -0.2) is 68.8 Å². The van der Waals surface area contributed by atoms with E-state index in [1.54, 1.807) is 31.2 Å². The summed E-state index contributed by atoms with van der Waals surface area (Å²) in [6, 6.07) is 11.0. The third-order valence-electron chi connectivity index (χ3n) is 5.50. The van der Waals surface area contributed by atoms with Crippen LogP contribution in [0.15, 0.2) is 48.5 Å². The summed E-state index contributed by atoms with van der Waals surface area (Å²) < 4.78 is 47.1. The number of anilines is 1. The molecular formula is C26H37FN4O5S. The van der Waals surface area contributed by atoms with Crippen LogP contribution in [0.3, 0.4) is 0 Å². The molecule has 11 heteroatoms. The van der Waals surface area contributed by atoms with Crippen LogP contribution >= 0.6 is 0 Å². The summed E-state index contributed by atoms with van der Waals surface area (Å²) in [5.41, 5.74) is 0.291. The van der Waals surface area contributed by atoms with Gasteiger partial charge < -0.3 is 15.0 Å². The predicted octanol–water partition coefficient (Wildman–Crippen LogP) is 3.17. The number of hydrogen-bond acceptors (Lipinski definition) is 5. The fraction of sp³-hybridized carbons (Fsp3) is 0.462. The lowest BCUT2D eigenvalue weighted by Crippen LogP contribution is -2.55. The van der Waals surface area contributed by atoms with Gasteiger partial charge in [-0.1, -0.05) is 19.1 Å². The Morgan fingerprint density at radius 1 is 1.08 bits per heavy atom.